The Morgan fingerprint density at radius 1 is 1.25 bits per heavy atom. The summed E-state index contributed by atoms with van der Waals surface area (Å²) in [7, 11) is 0. The first-order valence-corrected chi connectivity index (χ1v) is 10.6. The maximum Gasteiger partial charge on any atom is 0.288 e. The summed E-state index contributed by atoms with van der Waals surface area (Å²) in [5.74, 6) is -0.876. The fourth-order valence-electron chi connectivity index (χ4n) is 4.25. The van der Waals surface area contributed by atoms with Gasteiger partial charge in [-0.05, 0) is 56.0 Å². The number of anilines is 1. The zero-order valence-electron chi connectivity index (χ0n) is 17.6. The topological polar surface area (TPSA) is 114 Å². The van der Waals surface area contributed by atoms with E-state index in [1.54, 1.807) is 25.3 Å². The lowest BCUT2D eigenvalue weighted by Gasteiger charge is -2.34. The molecular formula is C23H21ClN4O4. The van der Waals surface area contributed by atoms with Gasteiger partial charge in [-0.3, -0.25) is 19.7 Å². The second-order valence-electron chi connectivity index (χ2n) is 7.91. The summed E-state index contributed by atoms with van der Waals surface area (Å²) in [5, 5.41) is 17.5. The Bertz CT molecular complexity index is 1220. The van der Waals surface area contributed by atoms with Crippen LogP contribution in [0.5, 0.6) is 0 Å². The normalized spacial score (nSPS) is 18.2. The highest BCUT2D eigenvalue weighted by Gasteiger charge is 2.39. The SMILES string of the molecule is CC1=C(C(=O)Nc2cc(C)ccn2)[C@H](c2ccc(Cl)c([N+](=O)[O-])c2)C2=C(CCCC2=O)N1. The van der Waals surface area contributed by atoms with Crippen molar-refractivity contribution in [3.63, 3.8) is 0 Å². The fourth-order valence-corrected chi connectivity index (χ4v) is 4.44. The number of carbonyl (C=O) groups excluding carboxylic acids is 2. The molecule has 0 spiro atoms. The van der Waals surface area contributed by atoms with Crippen LogP contribution in [0.4, 0.5) is 11.5 Å². The number of allylic oxidation sites excluding steroid dienone is 3. The number of halogens is 1. The minimum absolute atomic E-state index is 0.00692. The van der Waals surface area contributed by atoms with Crippen LogP contribution in [-0.4, -0.2) is 21.6 Å². The number of amides is 1. The van der Waals surface area contributed by atoms with Gasteiger partial charge in [0.25, 0.3) is 11.6 Å². The Labute approximate surface area is 189 Å². The molecule has 2 heterocycles. The Kier molecular flexibility index (Phi) is 5.80. The van der Waals surface area contributed by atoms with E-state index in [-0.39, 0.29) is 16.5 Å². The molecule has 1 aromatic heterocycles. The Balaban J connectivity index is 1.84. The monoisotopic (exact) mass is 452 g/mol. The van der Waals surface area contributed by atoms with Gasteiger partial charge in [0.1, 0.15) is 10.8 Å². The van der Waals surface area contributed by atoms with Crippen LogP contribution < -0.4 is 10.6 Å². The summed E-state index contributed by atoms with van der Waals surface area (Å²) < 4.78 is 0. The van der Waals surface area contributed by atoms with E-state index >= 15 is 0 Å². The number of aryl methyl sites for hydroxylation is 1. The number of rotatable bonds is 4. The van der Waals surface area contributed by atoms with Crippen molar-refractivity contribution in [2.75, 3.05) is 5.32 Å². The molecule has 2 aliphatic rings. The average Bonchev–Trinajstić information content (AvgIpc) is 2.73. The number of ketones is 1. The summed E-state index contributed by atoms with van der Waals surface area (Å²) in [6, 6.07) is 7.95. The van der Waals surface area contributed by atoms with Crippen molar-refractivity contribution in [2.24, 2.45) is 0 Å². The first-order valence-electron chi connectivity index (χ1n) is 10.2. The number of hydrogen-bond acceptors (Lipinski definition) is 6. The molecule has 8 nitrogen and oxygen atoms in total. The van der Waals surface area contributed by atoms with Gasteiger partial charge >= 0.3 is 0 Å². The average molecular weight is 453 g/mol. The molecule has 4 rings (SSSR count). The zero-order valence-corrected chi connectivity index (χ0v) is 18.3. The number of carbonyl (C=O) groups is 2. The summed E-state index contributed by atoms with van der Waals surface area (Å²) in [6.45, 7) is 3.65. The Hall–Kier alpha value is -3.52. The third kappa shape index (κ3) is 4.01. The molecule has 0 unspecified atom stereocenters. The van der Waals surface area contributed by atoms with E-state index in [9.17, 15) is 19.7 Å². The molecule has 0 radical (unpaired) electrons. The number of nitro groups is 1. The van der Waals surface area contributed by atoms with Crippen molar-refractivity contribution in [1.82, 2.24) is 10.3 Å². The Morgan fingerprint density at radius 2 is 2.03 bits per heavy atom. The van der Waals surface area contributed by atoms with Gasteiger partial charge in [0.2, 0.25) is 0 Å². The van der Waals surface area contributed by atoms with Crippen molar-refractivity contribution in [3.8, 4) is 0 Å². The highest BCUT2D eigenvalue weighted by Crippen LogP contribution is 2.43. The van der Waals surface area contributed by atoms with Gasteiger partial charge in [0.15, 0.2) is 5.78 Å². The molecule has 9 heteroatoms. The van der Waals surface area contributed by atoms with Crippen molar-refractivity contribution in [2.45, 2.75) is 39.0 Å². The summed E-state index contributed by atoms with van der Waals surface area (Å²) >= 11 is 6.01. The number of Topliss-reactive ketones (excluding diaryl/α,β-unsaturated/α-hetero) is 1. The van der Waals surface area contributed by atoms with E-state index < -0.39 is 16.7 Å². The van der Waals surface area contributed by atoms with Crippen LogP contribution in [0.15, 0.2) is 59.1 Å². The van der Waals surface area contributed by atoms with Gasteiger partial charge in [0.05, 0.1) is 4.92 Å². The van der Waals surface area contributed by atoms with E-state index in [2.05, 4.69) is 15.6 Å². The van der Waals surface area contributed by atoms with Crippen LogP contribution in [0.25, 0.3) is 0 Å². The molecule has 2 aromatic rings. The second-order valence-corrected chi connectivity index (χ2v) is 8.31. The number of benzene rings is 1. The van der Waals surface area contributed by atoms with Gasteiger partial charge in [-0.2, -0.15) is 0 Å². The van der Waals surface area contributed by atoms with Crippen molar-refractivity contribution < 1.29 is 14.5 Å². The lowest BCUT2D eigenvalue weighted by Crippen LogP contribution is -2.35. The molecule has 1 aliphatic heterocycles. The molecule has 1 atom stereocenters. The molecule has 164 valence electrons. The summed E-state index contributed by atoms with van der Waals surface area (Å²) in [4.78, 5) is 41.4. The first-order chi connectivity index (χ1) is 15.3. The first kappa shape index (κ1) is 21.7. The van der Waals surface area contributed by atoms with Gasteiger partial charge in [-0.25, -0.2) is 4.98 Å². The maximum atomic E-state index is 13.4. The third-order valence-electron chi connectivity index (χ3n) is 5.68. The molecular weight excluding hydrogens is 432 g/mol. The molecule has 1 aromatic carbocycles. The Morgan fingerprint density at radius 3 is 2.75 bits per heavy atom. The van der Waals surface area contributed by atoms with Gasteiger partial charge in [-0.15, -0.1) is 0 Å². The number of nitro benzene ring substituents is 1. The minimum Gasteiger partial charge on any atom is -0.362 e. The number of dihydropyridines is 1. The molecule has 1 aliphatic carbocycles. The quantitative estimate of drug-likeness (QED) is 0.519. The van der Waals surface area contributed by atoms with Crippen molar-refractivity contribution in [3.05, 3.63) is 85.3 Å². The molecule has 0 fully saturated rings. The molecule has 0 saturated carbocycles. The number of nitrogens with zero attached hydrogens (tertiary/aromatic N) is 2. The molecule has 0 saturated heterocycles. The van der Waals surface area contributed by atoms with Crippen molar-refractivity contribution >= 4 is 34.8 Å². The van der Waals surface area contributed by atoms with Crippen LogP contribution in [-0.2, 0) is 9.59 Å². The second kappa shape index (κ2) is 8.55. The van der Waals surface area contributed by atoms with Crippen LogP contribution in [0.3, 0.4) is 0 Å². The fraction of sp³-hybridized carbons (Fsp3) is 0.261. The molecule has 0 bridgehead atoms. The maximum absolute atomic E-state index is 13.4. The third-order valence-corrected chi connectivity index (χ3v) is 6.00. The lowest BCUT2D eigenvalue weighted by molar-refractivity contribution is -0.384. The van der Waals surface area contributed by atoms with Crippen LogP contribution in [0.2, 0.25) is 5.02 Å². The van der Waals surface area contributed by atoms with E-state index in [0.29, 0.717) is 47.5 Å². The number of pyridine rings is 1. The van der Waals surface area contributed by atoms with E-state index in [1.807, 2.05) is 13.0 Å². The summed E-state index contributed by atoms with van der Waals surface area (Å²) in [6.07, 6.45) is 3.33. The van der Waals surface area contributed by atoms with E-state index in [0.717, 1.165) is 11.3 Å². The zero-order chi connectivity index (χ0) is 23.0. The van der Waals surface area contributed by atoms with Gasteiger partial charge in [-0.1, -0.05) is 17.7 Å². The molecule has 32 heavy (non-hydrogen) atoms. The van der Waals surface area contributed by atoms with Gasteiger partial charge < -0.3 is 10.6 Å². The number of hydrogen-bond donors (Lipinski definition) is 2. The summed E-state index contributed by atoms with van der Waals surface area (Å²) in [5.41, 5.74) is 3.26. The number of nitrogens with one attached hydrogen (secondary N) is 2. The van der Waals surface area contributed by atoms with Crippen molar-refractivity contribution in [1.29, 1.82) is 0 Å². The minimum atomic E-state index is -0.750. The largest absolute Gasteiger partial charge is 0.362 e. The van der Waals surface area contributed by atoms with Crippen LogP contribution in [0, 0.1) is 17.0 Å². The standard InChI is InChI=1S/C23H21ClN4O4/c1-12-8-9-25-19(10-12)27-23(30)20-13(2)26-16-4-3-5-18(29)22(16)21(20)14-6-7-15(24)17(11-14)28(31)32/h6-11,21,26H,3-5H2,1-2H3,(H,25,27,30)/t21-/m0/s1. The molecule has 2 N–H and O–H groups in total. The number of aromatic nitrogens is 1. The van der Waals surface area contributed by atoms with Crippen LogP contribution >= 0.6 is 11.6 Å². The predicted octanol–water partition coefficient (Wildman–Crippen LogP) is 4.56. The predicted molar refractivity (Wildman–Crippen MR) is 120 cm³/mol. The lowest BCUT2D eigenvalue weighted by atomic mass is 9.75. The smallest absolute Gasteiger partial charge is 0.288 e. The van der Waals surface area contributed by atoms with Gasteiger partial charge in [0, 0.05) is 47.1 Å². The van der Waals surface area contributed by atoms with E-state index in [4.69, 9.17) is 11.6 Å². The highest BCUT2D eigenvalue weighted by molar-refractivity contribution is 6.32. The molecule has 1 amide bonds. The van der Waals surface area contributed by atoms with Crippen LogP contribution in [0.1, 0.15) is 43.2 Å². The van der Waals surface area contributed by atoms with E-state index in [1.165, 1.54) is 12.1 Å². The highest BCUT2D eigenvalue weighted by atomic mass is 35.5.